The molecule has 2 aromatic heterocycles. The van der Waals surface area contributed by atoms with E-state index in [1.807, 2.05) is 13.8 Å². The molecule has 0 saturated carbocycles. The van der Waals surface area contributed by atoms with Gasteiger partial charge in [0.15, 0.2) is 5.82 Å². The molecule has 2 aromatic rings. The summed E-state index contributed by atoms with van der Waals surface area (Å²) in [6, 6.07) is 3.37. The smallest absolute Gasteiger partial charge is 0.270 e. The first kappa shape index (κ1) is 12.9. The number of halogens is 1. The van der Waals surface area contributed by atoms with Gasteiger partial charge in [-0.1, -0.05) is 29.9 Å². The third-order valence-electron chi connectivity index (χ3n) is 2.26. The molecule has 18 heavy (non-hydrogen) atoms. The highest BCUT2D eigenvalue weighted by Crippen LogP contribution is 2.23. The molecule has 94 valence electrons. The molecule has 1 amide bonds. The fraction of sp³-hybridized carbons (Fsp3) is 0.273. The number of aromatic nitrogens is 3. The van der Waals surface area contributed by atoms with E-state index in [9.17, 15) is 4.79 Å². The van der Waals surface area contributed by atoms with Crippen LogP contribution >= 0.6 is 23.1 Å². The highest BCUT2D eigenvalue weighted by atomic mass is 35.5. The number of carbonyl (C=O) groups excluding carboxylic acids is 1. The molecule has 0 radical (unpaired) electrons. The number of anilines is 1. The number of nitrogens with zero attached hydrogens (tertiary/aromatic N) is 3. The summed E-state index contributed by atoms with van der Waals surface area (Å²) in [4.78, 5) is 16.6. The second-order valence-electron chi connectivity index (χ2n) is 3.93. The zero-order valence-electron chi connectivity index (χ0n) is 9.85. The van der Waals surface area contributed by atoms with Crippen molar-refractivity contribution in [2.45, 2.75) is 19.8 Å². The van der Waals surface area contributed by atoms with Gasteiger partial charge in [0, 0.05) is 6.20 Å². The fourth-order valence-electron chi connectivity index (χ4n) is 1.37. The number of nitrogens with one attached hydrogen (secondary N) is 1. The van der Waals surface area contributed by atoms with Gasteiger partial charge in [0.05, 0.1) is 10.7 Å². The molecule has 0 atom stereocenters. The number of amides is 1. The van der Waals surface area contributed by atoms with Gasteiger partial charge >= 0.3 is 0 Å². The molecule has 5 nitrogen and oxygen atoms in total. The Bertz CT molecular complexity index is 570. The van der Waals surface area contributed by atoms with Crippen molar-refractivity contribution in [2.24, 2.45) is 0 Å². The minimum absolute atomic E-state index is 0.142. The molecule has 0 bridgehead atoms. The summed E-state index contributed by atoms with van der Waals surface area (Å²) in [6.07, 6.45) is 1.57. The second-order valence-corrected chi connectivity index (χ2v) is 5.09. The molecule has 1 N–H and O–H groups in total. The minimum atomic E-state index is -0.283. The van der Waals surface area contributed by atoms with Crippen molar-refractivity contribution in [1.82, 2.24) is 14.6 Å². The van der Waals surface area contributed by atoms with Gasteiger partial charge in [-0.3, -0.25) is 4.79 Å². The van der Waals surface area contributed by atoms with Gasteiger partial charge in [-0.05, 0) is 29.6 Å². The lowest BCUT2D eigenvalue weighted by molar-refractivity contribution is 0.102. The lowest BCUT2D eigenvalue weighted by Gasteiger charge is -2.06. The van der Waals surface area contributed by atoms with Crippen molar-refractivity contribution >= 4 is 34.9 Å². The maximum atomic E-state index is 12.1. The van der Waals surface area contributed by atoms with Crippen LogP contribution in [-0.4, -0.2) is 20.5 Å². The van der Waals surface area contributed by atoms with E-state index in [0.29, 0.717) is 21.4 Å². The van der Waals surface area contributed by atoms with Crippen LogP contribution in [0.2, 0.25) is 5.02 Å². The monoisotopic (exact) mass is 282 g/mol. The van der Waals surface area contributed by atoms with Crippen LogP contribution in [0.1, 0.15) is 35.1 Å². The molecule has 7 heteroatoms. The van der Waals surface area contributed by atoms with Gasteiger partial charge in [0.1, 0.15) is 4.88 Å². The van der Waals surface area contributed by atoms with Crippen molar-refractivity contribution in [3.05, 3.63) is 33.9 Å². The average molecular weight is 283 g/mol. The number of hydrogen-bond donors (Lipinski definition) is 1. The van der Waals surface area contributed by atoms with E-state index >= 15 is 0 Å². The second kappa shape index (κ2) is 5.41. The maximum absolute atomic E-state index is 12.1. The molecule has 2 rings (SSSR count). The summed E-state index contributed by atoms with van der Waals surface area (Å²) < 4.78 is 3.81. The van der Waals surface area contributed by atoms with Gasteiger partial charge in [-0.25, -0.2) is 4.98 Å². The summed E-state index contributed by atoms with van der Waals surface area (Å²) in [6.45, 7) is 3.92. The zero-order chi connectivity index (χ0) is 13.1. The van der Waals surface area contributed by atoms with E-state index in [1.165, 1.54) is 0 Å². The van der Waals surface area contributed by atoms with Gasteiger partial charge in [0.2, 0.25) is 0 Å². The van der Waals surface area contributed by atoms with Crippen molar-refractivity contribution in [2.75, 3.05) is 5.32 Å². The number of carbonyl (C=O) groups is 1. The lowest BCUT2D eigenvalue weighted by atomic mass is 10.1. The van der Waals surface area contributed by atoms with Gasteiger partial charge in [-0.2, -0.15) is 0 Å². The van der Waals surface area contributed by atoms with Crippen molar-refractivity contribution in [3.8, 4) is 0 Å². The van der Waals surface area contributed by atoms with Crippen LogP contribution in [0.15, 0.2) is 18.3 Å². The average Bonchev–Trinajstić information content (AvgIpc) is 2.81. The van der Waals surface area contributed by atoms with E-state index in [2.05, 4.69) is 19.9 Å². The number of pyridine rings is 1. The Balaban J connectivity index is 2.23. The summed E-state index contributed by atoms with van der Waals surface area (Å²) in [5, 5.41) is 7.01. The van der Waals surface area contributed by atoms with Crippen LogP contribution in [0.5, 0.6) is 0 Å². The molecule has 0 aromatic carbocycles. The molecular weight excluding hydrogens is 272 g/mol. The van der Waals surface area contributed by atoms with Crippen molar-refractivity contribution in [1.29, 1.82) is 0 Å². The van der Waals surface area contributed by atoms with Crippen LogP contribution in [0.4, 0.5) is 5.82 Å². The van der Waals surface area contributed by atoms with Crippen LogP contribution in [0, 0.1) is 0 Å². The highest BCUT2D eigenvalue weighted by Gasteiger charge is 2.19. The van der Waals surface area contributed by atoms with Gasteiger partial charge in [0.25, 0.3) is 5.91 Å². The Labute approximate surface area is 113 Å². The molecule has 0 fully saturated rings. The Kier molecular flexibility index (Phi) is 3.88. The maximum Gasteiger partial charge on any atom is 0.270 e. The first-order valence-electron chi connectivity index (χ1n) is 5.33. The standard InChI is InChI=1S/C11H11ClN4OS/c1-6(2)8-9(18-16-15-8)11(17)14-10-7(12)4-3-5-13-10/h3-6H,1-2H3,(H,13,14,17). The van der Waals surface area contributed by atoms with Crippen LogP contribution < -0.4 is 5.32 Å². The van der Waals surface area contributed by atoms with Crippen LogP contribution in [0.3, 0.4) is 0 Å². The van der Waals surface area contributed by atoms with Gasteiger partial charge in [-0.15, -0.1) is 5.10 Å². The SMILES string of the molecule is CC(C)c1nnsc1C(=O)Nc1ncccc1Cl. The molecule has 0 aliphatic heterocycles. The van der Waals surface area contributed by atoms with Gasteiger partial charge < -0.3 is 5.32 Å². The zero-order valence-corrected chi connectivity index (χ0v) is 11.4. The topological polar surface area (TPSA) is 67.8 Å². The minimum Gasteiger partial charge on any atom is -0.305 e. The fourth-order valence-corrected chi connectivity index (χ4v) is 2.26. The third kappa shape index (κ3) is 2.65. The Morgan fingerprint density at radius 3 is 2.94 bits per heavy atom. The first-order valence-corrected chi connectivity index (χ1v) is 6.49. The lowest BCUT2D eigenvalue weighted by Crippen LogP contribution is -2.14. The molecule has 0 aliphatic rings. The van der Waals surface area contributed by atoms with E-state index in [0.717, 1.165) is 11.5 Å². The largest absolute Gasteiger partial charge is 0.305 e. The highest BCUT2D eigenvalue weighted by molar-refractivity contribution is 7.08. The van der Waals surface area contributed by atoms with Crippen molar-refractivity contribution in [3.63, 3.8) is 0 Å². The first-order chi connectivity index (χ1) is 8.59. The number of hydrogen-bond acceptors (Lipinski definition) is 5. The Morgan fingerprint density at radius 2 is 2.28 bits per heavy atom. The number of rotatable bonds is 3. The predicted octanol–water partition coefficient (Wildman–Crippen LogP) is 2.96. The van der Waals surface area contributed by atoms with E-state index in [4.69, 9.17) is 11.6 Å². The van der Waals surface area contributed by atoms with E-state index < -0.39 is 0 Å². The third-order valence-corrected chi connectivity index (χ3v) is 3.30. The Morgan fingerprint density at radius 1 is 1.50 bits per heavy atom. The van der Waals surface area contributed by atoms with Crippen molar-refractivity contribution < 1.29 is 4.79 Å². The molecule has 0 unspecified atom stereocenters. The van der Waals surface area contributed by atoms with E-state index in [-0.39, 0.29) is 11.8 Å². The van der Waals surface area contributed by atoms with Crippen LogP contribution in [0.25, 0.3) is 0 Å². The summed E-state index contributed by atoms with van der Waals surface area (Å²) in [5.74, 6) is 0.199. The molecule has 2 heterocycles. The molecule has 0 saturated heterocycles. The summed E-state index contributed by atoms with van der Waals surface area (Å²) in [5.41, 5.74) is 0.685. The molecule has 0 spiro atoms. The summed E-state index contributed by atoms with van der Waals surface area (Å²) >= 11 is 6.99. The Hall–Kier alpha value is -1.53. The van der Waals surface area contributed by atoms with E-state index in [1.54, 1.807) is 18.3 Å². The summed E-state index contributed by atoms with van der Waals surface area (Å²) in [7, 11) is 0. The van der Waals surface area contributed by atoms with Crippen LogP contribution in [-0.2, 0) is 0 Å². The molecular formula is C11H11ClN4OS. The normalized spacial score (nSPS) is 10.7. The predicted molar refractivity (Wildman–Crippen MR) is 71.2 cm³/mol. The quantitative estimate of drug-likeness (QED) is 0.940. The molecule has 0 aliphatic carbocycles.